The van der Waals surface area contributed by atoms with Crippen LogP contribution in [0.25, 0.3) is 22.6 Å². The number of anilines is 2. The van der Waals surface area contributed by atoms with E-state index in [1.807, 2.05) is 0 Å². The molecular weight excluding hydrogens is 499 g/mol. The second-order valence-corrected chi connectivity index (χ2v) is 10.7. The maximum Gasteiger partial charge on any atom is 0.242 e. The van der Waals surface area contributed by atoms with E-state index in [-0.39, 0.29) is 10.7 Å². The van der Waals surface area contributed by atoms with Crippen molar-refractivity contribution in [2.24, 2.45) is 0 Å². The van der Waals surface area contributed by atoms with E-state index in [1.165, 1.54) is 30.5 Å². The van der Waals surface area contributed by atoms with E-state index in [1.54, 1.807) is 36.4 Å². The van der Waals surface area contributed by atoms with Gasteiger partial charge in [-0.25, -0.2) is 22.1 Å². The zero-order valence-corrected chi connectivity index (χ0v) is 21.1. The summed E-state index contributed by atoms with van der Waals surface area (Å²) in [6.45, 7) is 2.73. The number of benzene rings is 2. The summed E-state index contributed by atoms with van der Waals surface area (Å²) in [5.74, 6) is 0.935. The molecular formula is C24H25FN8O3S. The molecule has 0 saturated carbocycles. The van der Waals surface area contributed by atoms with Crippen molar-refractivity contribution in [3.8, 4) is 11.4 Å². The second-order valence-electron chi connectivity index (χ2n) is 8.57. The van der Waals surface area contributed by atoms with Crippen molar-refractivity contribution in [2.75, 3.05) is 50.6 Å². The lowest BCUT2D eigenvalue weighted by molar-refractivity contribution is 0.122. The van der Waals surface area contributed by atoms with E-state index in [0.717, 1.165) is 5.56 Å². The zero-order chi connectivity index (χ0) is 26.0. The minimum atomic E-state index is -3.50. The molecule has 2 aromatic heterocycles. The van der Waals surface area contributed by atoms with E-state index in [9.17, 15) is 12.8 Å². The molecule has 4 aromatic rings. The van der Waals surface area contributed by atoms with Crippen molar-refractivity contribution < 1.29 is 17.5 Å². The molecule has 5 rings (SSSR count). The van der Waals surface area contributed by atoms with Crippen LogP contribution < -0.4 is 10.2 Å². The molecule has 2 aromatic carbocycles. The Morgan fingerprint density at radius 2 is 1.68 bits per heavy atom. The van der Waals surface area contributed by atoms with Gasteiger partial charge >= 0.3 is 0 Å². The highest BCUT2D eigenvalue weighted by molar-refractivity contribution is 7.89. The number of hydrogen-bond donors (Lipinski definition) is 1. The standard InChI is InChI=1S/C24H25FN8O3S/c1-32(2)37(34,35)19-9-3-16(4-10-19)15-26-24-28-22-20(23(29-24)33-11-13-36-14-12-33)27-21(30-31-22)17-5-7-18(25)8-6-17/h3-10H,11-15H2,1-2H3,(H,26,28,29,31). The maximum absolute atomic E-state index is 13.4. The number of nitrogens with one attached hydrogen (secondary N) is 1. The molecule has 1 N–H and O–H groups in total. The molecule has 0 spiro atoms. The molecule has 1 saturated heterocycles. The molecule has 1 fully saturated rings. The number of ether oxygens (including phenoxy) is 1. The van der Waals surface area contributed by atoms with Crippen LogP contribution in [0.2, 0.25) is 0 Å². The number of aromatic nitrogens is 5. The summed E-state index contributed by atoms with van der Waals surface area (Å²) >= 11 is 0. The Hall–Kier alpha value is -3.81. The third kappa shape index (κ3) is 5.33. The van der Waals surface area contributed by atoms with Crippen LogP contribution in [0.15, 0.2) is 53.4 Å². The maximum atomic E-state index is 13.4. The highest BCUT2D eigenvalue weighted by atomic mass is 32.2. The van der Waals surface area contributed by atoms with Crippen LogP contribution in [-0.2, 0) is 21.3 Å². The fourth-order valence-electron chi connectivity index (χ4n) is 3.79. The number of nitrogens with zero attached hydrogens (tertiary/aromatic N) is 7. The molecule has 192 valence electrons. The average Bonchev–Trinajstić information content (AvgIpc) is 2.92. The largest absolute Gasteiger partial charge is 0.378 e. The lowest BCUT2D eigenvalue weighted by Gasteiger charge is -2.28. The first-order chi connectivity index (χ1) is 17.8. The van der Waals surface area contributed by atoms with Crippen molar-refractivity contribution in [1.29, 1.82) is 0 Å². The van der Waals surface area contributed by atoms with Crippen molar-refractivity contribution in [3.05, 3.63) is 59.9 Å². The van der Waals surface area contributed by atoms with E-state index >= 15 is 0 Å². The monoisotopic (exact) mass is 524 g/mol. The summed E-state index contributed by atoms with van der Waals surface area (Å²) in [6.07, 6.45) is 0. The van der Waals surface area contributed by atoms with Crippen molar-refractivity contribution in [3.63, 3.8) is 0 Å². The van der Waals surface area contributed by atoms with Gasteiger partial charge in [-0.2, -0.15) is 9.97 Å². The Kier molecular flexibility index (Phi) is 6.91. The molecule has 1 aliphatic rings. The van der Waals surface area contributed by atoms with Gasteiger partial charge in [0.15, 0.2) is 17.2 Å². The van der Waals surface area contributed by atoms with E-state index in [4.69, 9.17) is 9.72 Å². The smallest absolute Gasteiger partial charge is 0.242 e. The van der Waals surface area contributed by atoms with Gasteiger partial charge in [0, 0.05) is 39.3 Å². The van der Waals surface area contributed by atoms with E-state index in [0.29, 0.717) is 67.2 Å². The number of morpholine rings is 1. The Morgan fingerprint density at radius 1 is 0.973 bits per heavy atom. The highest BCUT2D eigenvalue weighted by Crippen LogP contribution is 2.26. The summed E-state index contributed by atoms with van der Waals surface area (Å²) < 4.78 is 44.7. The molecule has 0 atom stereocenters. The van der Waals surface area contributed by atoms with Gasteiger partial charge in [0.2, 0.25) is 21.6 Å². The Morgan fingerprint density at radius 3 is 2.35 bits per heavy atom. The first-order valence-electron chi connectivity index (χ1n) is 11.6. The van der Waals surface area contributed by atoms with Gasteiger partial charge in [-0.05, 0) is 42.0 Å². The Balaban J connectivity index is 1.44. The molecule has 0 aliphatic carbocycles. The van der Waals surface area contributed by atoms with Crippen LogP contribution in [0.1, 0.15) is 5.56 Å². The molecule has 0 amide bonds. The first-order valence-corrected chi connectivity index (χ1v) is 13.0. The predicted octanol–water partition coefficient (Wildman–Crippen LogP) is 2.32. The Labute approximate surface area is 213 Å². The molecule has 3 heterocycles. The normalized spacial score (nSPS) is 14.3. The number of fused-ring (bicyclic) bond motifs is 1. The molecule has 0 bridgehead atoms. The van der Waals surface area contributed by atoms with E-state index in [2.05, 4.69) is 30.4 Å². The van der Waals surface area contributed by atoms with Crippen LogP contribution in [-0.4, -0.2) is 78.3 Å². The van der Waals surface area contributed by atoms with Gasteiger partial charge < -0.3 is 15.0 Å². The van der Waals surface area contributed by atoms with Crippen molar-refractivity contribution in [1.82, 2.24) is 29.5 Å². The summed E-state index contributed by atoms with van der Waals surface area (Å²) in [5, 5.41) is 11.7. The third-order valence-electron chi connectivity index (χ3n) is 5.87. The fraction of sp³-hybridized carbons (Fsp3) is 0.292. The minimum Gasteiger partial charge on any atom is -0.378 e. The molecule has 13 heteroatoms. The number of halogens is 1. The average molecular weight is 525 g/mol. The van der Waals surface area contributed by atoms with Crippen LogP contribution in [0.4, 0.5) is 16.2 Å². The van der Waals surface area contributed by atoms with Crippen LogP contribution in [0, 0.1) is 5.82 Å². The third-order valence-corrected chi connectivity index (χ3v) is 7.70. The summed E-state index contributed by atoms with van der Waals surface area (Å²) in [6, 6.07) is 12.5. The predicted molar refractivity (Wildman–Crippen MR) is 136 cm³/mol. The SMILES string of the molecule is CN(C)S(=O)(=O)c1ccc(CNc2nc(N3CCOCC3)c3nc(-c4ccc(F)cc4)nnc3n2)cc1. The molecule has 11 nitrogen and oxygen atoms in total. The Bertz CT molecular complexity index is 1510. The fourth-order valence-corrected chi connectivity index (χ4v) is 4.69. The van der Waals surface area contributed by atoms with E-state index < -0.39 is 10.0 Å². The number of hydrogen-bond acceptors (Lipinski definition) is 10. The summed E-state index contributed by atoms with van der Waals surface area (Å²) in [4.78, 5) is 16.2. The van der Waals surface area contributed by atoms with Gasteiger partial charge in [-0.15, -0.1) is 10.2 Å². The van der Waals surface area contributed by atoms with Crippen LogP contribution >= 0.6 is 0 Å². The zero-order valence-electron chi connectivity index (χ0n) is 20.3. The minimum absolute atomic E-state index is 0.219. The topological polar surface area (TPSA) is 126 Å². The lowest BCUT2D eigenvalue weighted by atomic mass is 10.2. The second kappa shape index (κ2) is 10.3. The number of sulfonamides is 1. The molecule has 37 heavy (non-hydrogen) atoms. The van der Waals surface area contributed by atoms with Crippen LogP contribution in [0.5, 0.6) is 0 Å². The summed E-state index contributed by atoms with van der Waals surface area (Å²) in [5.41, 5.74) is 2.29. The summed E-state index contributed by atoms with van der Waals surface area (Å²) in [7, 11) is -0.509. The van der Waals surface area contributed by atoms with Crippen molar-refractivity contribution >= 4 is 33.0 Å². The van der Waals surface area contributed by atoms with Crippen molar-refractivity contribution in [2.45, 2.75) is 11.4 Å². The van der Waals surface area contributed by atoms with Gasteiger partial charge in [0.25, 0.3) is 0 Å². The molecule has 0 radical (unpaired) electrons. The van der Waals surface area contributed by atoms with Gasteiger partial charge in [-0.3, -0.25) is 0 Å². The first kappa shape index (κ1) is 24.9. The van der Waals surface area contributed by atoms with Crippen LogP contribution in [0.3, 0.4) is 0 Å². The molecule has 1 aliphatic heterocycles. The van der Waals surface area contributed by atoms with Gasteiger partial charge in [0.1, 0.15) is 5.82 Å². The van der Waals surface area contributed by atoms with Gasteiger partial charge in [-0.1, -0.05) is 12.1 Å². The molecule has 0 unspecified atom stereocenters. The quantitative estimate of drug-likeness (QED) is 0.385. The number of rotatable bonds is 7. The van der Waals surface area contributed by atoms with Gasteiger partial charge in [0.05, 0.1) is 18.1 Å². The highest BCUT2D eigenvalue weighted by Gasteiger charge is 2.21. The lowest BCUT2D eigenvalue weighted by Crippen LogP contribution is -2.37.